The monoisotopic (exact) mass is 353 g/mol. The van der Waals surface area contributed by atoms with E-state index in [1.165, 1.54) is 12.2 Å². The Hall–Kier alpha value is -3.34. The summed E-state index contributed by atoms with van der Waals surface area (Å²) in [5, 5.41) is 22.0. The summed E-state index contributed by atoms with van der Waals surface area (Å²) in [5.41, 5.74) is 0. The number of hydrogen-bond acceptors (Lipinski definition) is 7. The van der Waals surface area contributed by atoms with Crippen LogP contribution in [0.2, 0.25) is 0 Å². The highest BCUT2D eigenvalue weighted by Crippen LogP contribution is 2.09. The smallest absolute Gasteiger partial charge is 0.328 e. The van der Waals surface area contributed by atoms with Crippen molar-refractivity contribution in [3.05, 3.63) is 24.3 Å². The number of rotatable bonds is 7. The van der Waals surface area contributed by atoms with Crippen molar-refractivity contribution in [3.63, 3.8) is 0 Å². The third kappa shape index (κ3) is 6.35. The zero-order valence-corrected chi connectivity index (χ0v) is 12.8. The molecule has 2 heterocycles. The highest BCUT2D eigenvalue weighted by molar-refractivity contribution is 6.14. The molecule has 11 heteroatoms. The van der Waals surface area contributed by atoms with Crippen molar-refractivity contribution in [1.82, 2.24) is 15.5 Å². The van der Waals surface area contributed by atoms with Gasteiger partial charge in [0.15, 0.2) is 0 Å². The Morgan fingerprint density at radius 3 is 1.88 bits per heavy atom. The van der Waals surface area contributed by atoms with Crippen LogP contribution < -0.4 is 10.6 Å². The Morgan fingerprint density at radius 2 is 1.52 bits per heavy atom. The Bertz CT molecular complexity index is 633. The van der Waals surface area contributed by atoms with Gasteiger partial charge >= 0.3 is 11.9 Å². The van der Waals surface area contributed by atoms with Crippen molar-refractivity contribution >= 4 is 35.6 Å². The maximum Gasteiger partial charge on any atom is 0.328 e. The molecule has 0 fully saturated rings. The zero-order chi connectivity index (χ0) is 19.0. The summed E-state index contributed by atoms with van der Waals surface area (Å²) < 4.78 is 0. The normalized spacial score (nSPS) is 16.6. The molecule has 0 bridgehead atoms. The molecule has 0 aromatic carbocycles. The van der Waals surface area contributed by atoms with Gasteiger partial charge in [-0.2, -0.15) is 0 Å². The number of nitrogens with zero attached hydrogens (tertiary/aromatic N) is 1. The van der Waals surface area contributed by atoms with E-state index in [2.05, 4.69) is 5.32 Å². The molecule has 1 unspecified atom stereocenters. The van der Waals surface area contributed by atoms with Crippen LogP contribution in [0.5, 0.6) is 0 Å². The first-order valence-electron chi connectivity index (χ1n) is 6.96. The first-order valence-corrected chi connectivity index (χ1v) is 6.96. The SMILES string of the molecule is O=C(O)CCNCC(C(=O)O)N1C(=O)C=CC1=O.O=C1C=CC(=O)N1. The highest BCUT2D eigenvalue weighted by Gasteiger charge is 2.35. The van der Waals surface area contributed by atoms with E-state index in [1.54, 1.807) is 0 Å². The summed E-state index contributed by atoms with van der Waals surface area (Å²) in [4.78, 5) is 64.5. The average molecular weight is 353 g/mol. The van der Waals surface area contributed by atoms with Crippen LogP contribution in [0.1, 0.15) is 6.42 Å². The number of carboxylic acids is 2. The summed E-state index contributed by atoms with van der Waals surface area (Å²) in [6.07, 6.45) is 4.21. The predicted molar refractivity (Wildman–Crippen MR) is 79.8 cm³/mol. The first-order chi connectivity index (χ1) is 11.7. The van der Waals surface area contributed by atoms with Crippen LogP contribution in [-0.2, 0) is 28.8 Å². The Kier molecular flexibility index (Phi) is 7.16. The quantitative estimate of drug-likeness (QED) is 0.288. The van der Waals surface area contributed by atoms with Gasteiger partial charge in [0.2, 0.25) is 0 Å². The van der Waals surface area contributed by atoms with E-state index in [1.807, 2.05) is 5.32 Å². The lowest BCUT2D eigenvalue weighted by Gasteiger charge is -2.22. The molecule has 134 valence electrons. The molecule has 2 aliphatic rings. The fraction of sp³-hybridized carbons (Fsp3) is 0.286. The largest absolute Gasteiger partial charge is 0.481 e. The number of aliphatic carboxylic acids is 2. The number of nitrogens with one attached hydrogen (secondary N) is 2. The highest BCUT2D eigenvalue weighted by atomic mass is 16.4. The van der Waals surface area contributed by atoms with Gasteiger partial charge in [0.05, 0.1) is 6.42 Å². The molecule has 25 heavy (non-hydrogen) atoms. The fourth-order valence-corrected chi connectivity index (χ4v) is 1.80. The van der Waals surface area contributed by atoms with Gasteiger partial charge in [-0.3, -0.25) is 34.2 Å². The third-order valence-electron chi connectivity index (χ3n) is 2.93. The summed E-state index contributed by atoms with van der Waals surface area (Å²) in [6, 6.07) is -1.34. The molecule has 0 aromatic rings. The van der Waals surface area contributed by atoms with Crippen LogP contribution in [0, 0.1) is 0 Å². The van der Waals surface area contributed by atoms with E-state index in [0.29, 0.717) is 4.90 Å². The second-order valence-electron chi connectivity index (χ2n) is 4.77. The molecule has 0 saturated carbocycles. The second-order valence-corrected chi connectivity index (χ2v) is 4.77. The summed E-state index contributed by atoms with van der Waals surface area (Å²) in [6.45, 7) is -0.134. The number of carbonyl (C=O) groups is 6. The summed E-state index contributed by atoms with van der Waals surface area (Å²) in [7, 11) is 0. The molecule has 0 spiro atoms. The molecular weight excluding hydrogens is 338 g/mol. The zero-order valence-electron chi connectivity index (χ0n) is 12.8. The molecule has 0 saturated heterocycles. The second kappa shape index (κ2) is 9.08. The van der Waals surface area contributed by atoms with E-state index >= 15 is 0 Å². The van der Waals surface area contributed by atoms with Crippen LogP contribution in [-0.4, -0.2) is 69.8 Å². The van der Waals surface area contributed by atoms with Gasteiger partial charge in [-0.25, -0.2) is 4.79 Å². The first kappa shape index (κ1) is 19.7. The number of carbonyl (C=O) groups excluding carboxylic acids is 4. The van der Waals surface area contributed by atoms with Gasteiger partial charge in [0, 0.05) is 37.4 Å². The van der Waals surface area contributed by atoms with E-state index < -0.39 is 29.8 Å². The Balaban J connectivity index is 0.000000370. The Morgan fingerprint density at radius 1 is 1.00 bits per heavy atom. The van der Waals surface area contributed by atoms with E-state index in [9.17, 15) is 28.8 Å². The molecular formula is C14H15N3O8. The number of imide groups is 2. The summed E-state index contributed by atoms with van der Waals surface area (Å²) >= 11 is 0. The lowest BCUT2D eigenvalue weighted by Crippen LogP contribution is -2.50. The van der Waals surface area contributed by atoms with Crippen molar-refractivity contribution in [3.8, 4) is 0 Å². The molecule has 0 aromatic heterocycles. The van der Waals surface area contributed by atoms with Crippen molar-refractivity contribution in [2.45, 2.75) is 12.5 Å². The maximum absolute atomic E-state index is 11.3. The van der Waals surface area contributed by atoms with Crippen molar-refractivity contribution in [1.29, 1.82) is 0 Å². The van der Waals surface area contributed by atoms with E-state index in [4.69, 9.17) is 10.2 Å². The van der Waals surface area contributed by atoms with Crippen molar-refractivity contribution < 1.29 is 39.0 Å². The third-order valence-corrected chi connectivity index (χ3v) is 2.93. The maximum atomic E-state index is 11.3. The minimum Gasteiger partial charge on any atom is -0.481 e. The standard InChI is InChI=1S/C10H12N2O6.C4H3NO2/c13-7-1-2-8(14)12(7)6(10(17)18)5-11-4-3-9(15)16;6-3-1-2-4(7)5-3/h1-2,6,11H,3-5H2,(H,15,16)(H,17,18);1-2H,(H,5,6,7). The molecule has 2 aliphatic heterocycles. The number of amides is 4. The van der Waals surface area contributed by atoms with E-state index in [0.717, 1.165) is 12.2 Å². The molecule has 0 radical (unpaired) electrons. The van der Waals surface area contributed by atoms with Crippen LogP contribution in [0.25, 0.3) is 0 Å². The minimum absolute atomic E-state index is 0.0583. The molecule has 11 nitrogen and oxygen atoms in total. The summed E-state index contributed by atoms with van der Waals surface area (Å²) in [5.74, 6) is -4.39. The molecule has 1 atom stereocenters. The molecule has 0 aliphatic carbocycles. The van der Waals surface area contributed by atoms with Gasteiger partial charge in [-0.1, -0.05) is 0 Å². The van der Waals surface area contributed by atoms with Gasteiger partial charge < -0.3 is 15.5 Å². The topological polar surface area (TPSA) is 170 Å². The number of carboxylic acid groups (broad SMARTS) is 2. The lowest BCUT2D eigenvalue weighted by atomic mass is 10.2. The number of hydrogen-bond donors (Lipinski definition) is 4. The van der Waals surface area contributed by atoms with Crippen LogP contribution in [0.3, 0.4) is 0 Å². The fourth-order valence-electron chi connectivity index (χ4n) is 1.80. The Labute approximate surface area is 141 Å². The van der Waals surface area contributed by atoms with Crippen LogP contribution in [0.4, 0.5) is 0 Å². The van der Waals surface area contributed by atoms with Crippen LogP contribution in [0.15, 0.2) is 24.3 Å². The van der Waals surface area contributed by atoms with Crippen molar-refractivity contribution in [2.24, 2.45) is 0 Å². The lowest BCUT2D eigenvalue weighted by molar-refractivity contribution is -0.153. The average Bonchev–Trinajstić information content (AvgIpc) is 3.05. The minimum atomic E-state index is -1.34. The predicted octanol–water partition coefficient (Wildman–Crippen LogP) is -2.37. The van der Waals surface area contributed by atoms with E-state index in [-0.39, 0.29) is 31.3 Å². The van der Waals surface area contributed by atoms with Gasteiger partial charge in [-0.15, -0.1) is 0 Å². The van der Waals surface area contributed by atoms with Gasteiger partial charge in [-0.05, 0) is 0 Å². The van der Waals surface area contributed by atoms with Crippen molar-refractivity contribution in [2.75, 3.05) is 13.1 Å². The molecule has 2 rings (SSSR count). The van der Waals surface area contributed by atoms with Gasteiger partial charge in [0.25, 0.3) is 23.6 Å². The molecule has 4 amide bonds. The molecule has 4 N–H and O–H groups in total. The van der Waals surface area contributed by atoms with Gasteiger partial charge in [0.1, 0.15) is 6.04 Å². The van der Waals surface area contributed by atoms with Crippen LogP contribution >= 0.6 is 0 Å².